The summed E-state index contributed by atoms with van der Waals surface area (Å²) >= 11 is 0. The molecule has 0 saturated heterocycles. The predicted molar refractivity (Wildman–Crippen MR) is 84.2 cm³/mol. The van der Waals surface area contributed by atoms with Crippen LogP contribution in [0.1, 0.15) is 5.56 Å². The molecule has 22 heavy (non-hydrogen) atoms. The molecular formula is C18H16N2O2. The van der Waals surface area contributed by atoms with Crippen LogP contribution >= 0.6 is 0 Å². The van der Waals surface area contributed by atoms with Gasteiger partial charge in [0.1, 0.15) is 13.2 Å². The molecule has 110 valence electrons. The Morgan fingerprint density at radius 1 is 0.909 bits per heavy atom. The summed E-state index contributed by atoms with van der Waals surface area (Å²) in [5, 5.41) is 0. The molecule has 0 spiro atoms. The molecule has 2 heterocycles. The number of benzene rings is 2. The Hall–Kier alpha value is -2.75. The highest BCUT2D eigenvalue weighted by atomic mass is 16.6. The zero-order valence-corrected chi connectivity index (χ0v) is 12.1. The second kappa shape index (κ2) is 5.56. The van der Waals surface area contributed by atoms with Gasteiger partial charge in [-0.3, -0.25) is 0 Å². The van der Waals surface area contributed by atoms with E-state index in [1.165, 1.54) is 11.1 Å². The molecule has 0 radical (unpaired) electrons. The van der Waals surface area contributed by atoms with E-state index >= 15 is 0 Å². The zero-order chi connectivity index (χ0) is 14.8. The van der Waals surface area contributed by atoms with E-state index in [0.717, 1.165) is 23.6 Å². The van der Waals surface area contributed by atoms with Crippen molar-refractivity contribution in [3.05, 3.63) is 66.7 Å². The number of fused-ring (bicyclic) bond motifs is 1. The second-order valence-electron chi connectivity index (χ2n) is 5.29. The molecule has 0 amide bonds. The van der Waals surface area contributed by atoms with Gasteiger partial charge in [-0.05, 0) is 28.8 Å². The highest BCUT2D eigenvalue weighted by molar-refractivity contribution is 5.67. The van der Waals surface area contributed by atoms with Crippen LogP contribution in [-0.4, -0.2) is 22.8 Å². The Morgan fingerprint density at radius 2 is 1.68 bits per heavy atom. The lowest BCUT2D eigenvalue weighted by molar-refractivity contribution is 0.171. The summed E-state index contributed by atoms with van der Waals surface area (Å²) in [6, 6.07) is 14.6. The number of hydrogen-bond donors (Lipinski definition) is 0. The number of aromatic nitrogens is 2. The Morgan fingerprint density at radius 3 is 2.45 bits per heavy atom. The van der Waals surface area contributed by atoms with Gasteiger partial charge >= 0.3 is 0 Å². The molecule has 0 bridgehead atoms. The van der Waals surface area contributed by atoms with Crippen LogP contribution in [0.25, 0.3) is 11.1 Å². The van der Waals surface area contributed by atoms with Crippen LogP contribution in [0, 0.1) is 0 Å². The molecule has 0 saturated carbocycles. The Balaban J connectivity index is 1.57. The number of nitrogens with zero attached hydrogens (tertiary/aromatic N) is 2. The average Bonchev–Trinajstić information content (AvgIpc) is 3.08. The summed E-state index contributed by atoms with van der Waals surface area (Å²) in [6.07, 6.45) is 5.59. The molecule has 3 aromatic rings. The normalized spacial score (nSPS) is 13.1. The third kappa shape index (κ3) is 2.55. The molecule has 4 heteroatoms. The van der Waals surface area contributed by atoms with Gasteiger partial charge in [-0.15, -0.1) is 0 Å². The summed E-state index contributed by atoms with van der Waals surface area (Å²) in [7, 11) is 0. The van der Waals surface area contributed by atoms with E-state index in [1.807, 2.05) is 24.7 Å². The monoisotopic (exact) mass is 292 g/mol. The molecule has 0 fully saturated rings. The van der Waals surface area contributed by atoms with Crippen LogP contribution in [0.2, 0.25) is 0 Å². The zero-order valence-electron chi connectivity index (χ0n) is 12.1. The third-order valence-corrected chi connectivity index (χ3v) is 3.75. The lowest BCUT2D eigenvalue weighted by Crippen LogP contribution is -2.15. The van der Waals surface area contributed by atoms with E-state index in [2.05, 4.69) is 39.9 Å². The minimum atomic E-state index is 0.611. The van der Waals surface area contributed by atoms with E-state index in [-0.39, 0.29) is 0 Å². The van der Waals surface area contributed by atoms with Gasteiger partial charge in [0.15, 0.2) is 11.5 Å². The molecule has 0 aliphatic carbocycles. The van der Waals surface area contributed by atoms with E-state index < -0.39 is 0 Å². The first-order valence-corrected chi connectivity index (χ1v) is 7.33. The quantitative estimate of drug-likeness (QED) is 0.742. The van der Waals surface area contributed by atoms with Crippen LogP contribution in [0.3, 0.4) is 0 Å². The Bertz CT molecular complexity index is 764. The number of hydrogen-bond acceptors (Lipinski definition) is 3. The van der Waals surface area contributed by atoms with Crippen LogP contribution in [0.5, 0.6) is 11.5 Å². The average molecular weight is 292 g/mol. The SMILES string of the molecule is c1cn(Cc2ccc(-c3ccc4c(c3)OCCO4)cc2)cn1. The number of imidazole rings is 1. The molecule has 0 unspecified atom stereocenters. The fraction of sp³-hybridized carbons (Fsp3) is 0.167. The smallest absolute Gasteiger partial charge is 0.161 e. The van der Waals surface area contributed by atoms with Crippen molar-refractivity contribution in [2.24, 2.45) is 0 Å². The minimum Gasteiger partial charge on any atom is -0.486 e. The van der Waals surface area contributed by atoms with Crippen LogP contribution < -0.4 is 9.47 Å². The van der Waals surface area contributed by atoms with Gasteiger partial charge in [-0.2, -0.15) is 0 Å². The molecule has 4 rings (SSSR count). The van der Waals surface area contributed by atoms with E-state index in [1.54, 1.807) is 6.20 Å². The van der Waals surface area contributed by atoms with E-state index in [0.29, 0.717) is 13.2 Å². The van der Waals surface area contributed by atoms with E-state index in [4.69, 9.17) is 9.47 Å². The van der Waals surface area contributed by atoms with Crippen molar-refractivity contribution in [2.45, 2.75) is 6.54 Å². The first kappa shape index (κ1) is 13.0. The second-order valence-corrected chi connectivity index (χ2v) is 5.29. The summed E-state index contributed by atoms with van der Waals surface area (Å²) in [5.41, 5.74) is 3.56. The summed E-state index contributed by atoms with van der Waals surface area (Å²) in [5.74, 6) is 1.65. The molecule has 1 aliphatic heterocycles. The molecule has 0 atom stereocenters. The molecule has 4 nitrogen and oxygen atoms in total. The van der Waals surface area contributed by atoms with Crippen molar-refractivity contribution in [3.63, 3.8) is 0 Å². The maximum Gasteiger partial charge on any atom is 0.161 e. The summed E-state index contributed by atoms with van der Waals surface area (Å²) in [4.78, 5) is 4.06. The lowest BCUT2D eigenvalue weighted by atomic mass is 10.0. The van der Waals surface area contributed by atoms with Crippen molar-refractivity contribution >= 4 is 0 Å². The number of rotatable bonds is 3. The maximum absolute atomic E-state index is 5.64. The first-order valence-electron chi connectivity index (χ1n) is 7.33. The highest BCUT2D eigenvalue weighted by Crippen LogP contribution is 2.34. The van der Waals surface area contributed by atoms with Gasteiger partial charge in [-0.1, -0.05) is 30.3 Å². The minimum absolute atomic E-state index is 0.611. The van der Waals surface area contributed by atoms with Gasteiger partial charge < -0.3 is 14.0 Å². The first-order chi connectivity index (χ1) is 10.9. The van der Waals surface area contributed by atoms with Crippen LogP contribution in [-0.2, 0) is 6.54 Å². The van der Waals surface area contributed by atoms with E-state index in [9.17, 15) is 0 Å². The summed E-state index contributed by atoms with van der Waals surface area (Å²) in [6.45, 7) is 2.07. The largest absolute Gasteiger partial charge is 0.486 e. The van der Waals surface area contributed by atoms with Gasteiger partial charge in [0.25, 0.3) is 0 Å². The molecule has 1 aliphatic rings. The predicted octanol–water partition coefficient (Wildman–Crippen LogP) is 3.37. The number of ether oxygens (including phenoxy) is 2. The van der Waals surface area contributed by atoms with Crippen molar-refractivity contribution in [1.29, 1.82) is 0 Å². The van der Waals surface area contributed by atoms with Crippen molar-refractivity contribution < 1.29 is 9.47 Å². The highest BCUT2D eigenvalue weighted by Gasteiger charge is 2.12. The lowest BCUT2D eigenvalue weighted by Gasteiger charge is -2.19. The topological polar surface area (TPSA) is 36.3 Å². The molecule has 0 N–H and O–H groups in total. The fourth-order valence-corrected chi connectivity index (χ4v) is 2.62. The van der Waals surface area contributed by atoms with Gasteiger partial charge in [0, 0.05) is 18.9 Å². The van der Waals surface area contributed by atoms with Crippen molar-refractivity contribution in [1.82, 2.24) is 9.55 Å². The third-order valence-electron chi connectivity index (χ3n) is 3.75. The van der Waals surface area contributed by atoms with Gasteiger partial charge in [-0.25, -0.2) is 4.98 Å². The van der Waals surface area contributed by atoms with Crippen LogP contribution in [0.15, 0.2) is 61.2 Å². The van der Waals surface area contributed by atoms with Crippen molar-refractivity contribution in [2.75, 3.05) is 13.2 Å². The standard InChI is InChI=1S/C18H16N2O2/c1-3-15(4-2-14(1)12-20-8-7-19-13-20)16-5-6-17-18(11-16)22-10-9-21-17/h1-8,11,13H,9-10,12H2. The Kier molecular flexibility index (Phi) is 3.27. The summed E-state index contributed by atoms with van der Waals surface area (Å²) < 4.78 is 13.3. The van der Waals surface area contributed by atoms with Crippen molar-refractivity contribution in [3.8, 4) is 22.6 Å². The van der Waals surface area contributed by atoms with Crippen LogP contribution in [0.4, 0.5) is 0 Å². The van der Waals surface area contributed by atoms with Gasteiger partial charge in [0.2, 0.25) is 0 Å². The molecule has 1 aromatic heterocycles. The maximum atomic E-state index is 5.64. The Labute approximate surface area is 129 Å². The van der Waals surface area contributed by atoms with Gasteiger partial charge in [0.05, 0.1) is 6.33 Å². The molecular weight excluding hydrogens is 276 g/mol. The molecule has 2 aromatic carbocycles. The fourth-order valence-electron chi connectivity index (χ4n) is 2.62.